The zero-order valence-corrected chi connectivity index (χ0v) is 14.0. The van der Waals surface area contributed by atoms with Crippen LogP contribution < -0.4 is 16.4 Å². The van der Waals surface area contributed by atoms with Crippen molar-refractivity contribution in [3.8, 4) is 0 Å². The maximum Gasteiger partial charge on any atom is 0.258 e. The number of anilines is 3. The lowest BCUT2D eigenvalue weighted by atomic mass is 10.0. The zero-order valence-electron chi connectivity index (χ0n) is 11.7. The van der Waals surface area contributed by atoms with Crippen LogP contribution in [0.3, 0.4) is 0 Å². The fourth-order valence-corrected chi connectivity index (χ4v) is 2.84. The molecule has 2 aromatic rings. The van der Waals surface area contributed by atoms with Gasteiger partial charge in [0.2, 0.25) is 0 Å². The Bertz CT molecular complexity index is 817. The lowest BCUT2D eigenvalue weighted by Crippen LogP contribution is -2.08. The van der Waals surface area contributed by atoms with Gasteiger partial charge in [0.15, 0.2) is 0 Å². The molecule has 0 radical (unpaired) electrons. The predicted molar refractivity (Wildman–Crippen MR) is 94.9 cm³/mol. The van der Waals surface area contributed by atoms with Gasteiger partial charge in [-0.3, -0.25) is 4.79 Å². The van der Waals surface area contributed by atoms with Gasteiger partial charge in [0, 0.05) is 32.8 Å². The molecule has 112 valence electrons. The number of halogens is 2. The topological polar surface area (TPSA) is 67.2 Å². The fraction of sp³-hybridized carbons (Fsp3) is 0.0625. The molecule has 0 aliphatic carbocycles. The minimum atomic E-state index is -0.145. The highest BCUT2D eigenvalue weighted by molar-refractivity contribution is 9.10. The standard InChI is InChI=1S/C16H13BrClN3O/c1-8(20-10-3-4-12(17)13(18)7-10)15-11-6-9(19)2-5-14(11)21-16(15)22/h2-7,20H,19H2,1H3,(H,21,22). The van der Waals surface area contributed by atoms with Crippen molar-refractivity contribution >= 4 is 56.1 Å². The number of hydrogen-bond acceptors (Lipinski definition) is 3. The Morgan fingerprint density at radius 1 is 1.27 bits per heavy atom. The van der Waals surface area contributed by atoms with Crippen LogP contribution in [0.15, 0.2) is 46.6 Å². The number of nitrogens with one attached hydrogen (secondary N) is 2. The Balaban J connectivity index is 2.01. The Labute approximate surface area is 141 Å². The van der Waals surface area contributed by atoms with Crippen LogP contribution in [0, 0.1) is 0 Å². The van der Waals surface area contributed by atoms with Crippen LogP contribution in [0.5, 0.6) is 0 Å². The summed E-state index contributed by atoms with van der Waals surface area (Å²) in [7, 11) is 0. The zero-order chi connectivity index (χ0) is 15.9. The number of carbonyl (C=O) groups is 1. The molecule has 1 heterocycles. The van der Waals surface area contributed by atoms with E-state index in [1.165, 1.54) is 0 Å². The van der Waals surface area contributed by atoms with Crippen molar-refractivity contribution in [1.82, 2.24) is 0 Å². The summed E-state index contributed by atoms with van der Waals surface area (Å²) in [6.07, 6.45) is 0. The second-order valence-electron chi connectivity index (χ2n) is 5.01. The normalized spacial score (nSPS) is 15.3. The van der Waals surface area contributed by atoms with Gasteiger partial charge in [-0.25, -0.2) is 0 Å². The van der Waals surface area contributed by atoms with Crippen molar-refractivity contribution in [2.45, 2.75) is 6.92 Å². The highest BCUT2D eigenvalue weighted by Gasteiger charge is 2.26. The summed E-state index contributed by atoms with van der Waals surface area (Å²) in [4.78, 5) is 12.2. The van der Waals surface area contributed by atoms with Gasteiger partial charge in [0.1, 0.15) is 0 Å². The number of amides is 1. The molecule has 1 aliphatic heterocycles. The summed E-state index contributed by atoms with van der Waals surface area (Å²) in [5, 5.41) is 6.65. The Morgan fingerprint density at radius 3 is 2.77 bits per heavy atom. The van der Waals surface area contributed by atoms with Crippen LogP contribution in [0.1, 0.15) is 12.5 Å². The molecule has 0 saturated carbocycles. The Kier molecular flexibility index (Phi) is 3.85. The molecular formula is C16H13BrClN3O. The van der Waals surface area contributed by atoms with E-state index in [0.29, 0.717) is 16.3 Å². The molecule has 0 unspecified atom stereocenters. The number of nitrogen functional groups attached to an aromatic ring is 1. The molecule has 3 rings (SSSR count). The summed E-state index contributed by atoms with van der Waals surface area (Å²) in [6.45, 7) is 1.85. The Hall–Kier alpha value is -1.98. The molecule has 0 bridgehead atoms. The highest BCUT2D eigenvalue weighted by Crippen LogP contribution is 2.35. The van der Waals surface area contributed by atoms with E-state index in [9.17, 15) is 4.79 Å². The first-order valence-corrected chi connectivity index (χ1v) is 7.77. The van der Waals surface area contributed by atoms with Crippen molar-refractivity contribution in [1.29, 1.82) is 0 Å². The van der Waals surface area contributed by atoms with Gasteiger partial charge in [-0.2, -0.15) is 0 Å². The van der Waals surface area contributed by atoms with Crippen LogP contribution in [0.4, 0.5) is 17.1 Å². The molecule has 0 saturated heterocycles. The maximum absolute atomic E-state index is 12.2. The largest absolute Gasteiger partial charge is 0.399 e. The predicted octanol–water partition coefficient (Wildman–Crippen LogP) is 4.48. The first-order chi connectivity index (χ1) is 10.5. The summed E-state index contributed by atoms with van der Waals surface area (Å²) >= 11 is 9.44. The third-order valence-corrected chi connectivity index (χ3v) is 4.65. The van der Waals surface area contributed by atoms with Crippen LogP contribution in [0.2, 0.25) is 5.02 Å². The van der Waals surface area contributed by atoms with Gasteiger partial charge in [-0.05, 0) is 59.3 Å². The quantitative estimate of drug-likeness (QED) is 0.533. The van der Waals surface area contributed by atoms with Crippen LogP contribution in [-0.4, -0.2) is 5.91 Å². The number of carbonyl (C=O) groups excluding carboxylic acids is 1. The molecule has 1 amide bonds. The molecule has 0 atom stereocenters. The van der Waals surface area contributed by atoms with Crippen LogP contribution in [0.25, 0.3) is 5.57 Å². The van der Waals surface area contributed by atoms with E-state index in [1.54, 1.807) is 24.3 Å². The van der Waals surface area contributed by atoms with Crippen molar-refractivity contribution in [2.24, 2.45) is 0 Å². The molecule has 2 aromatic carbocycles. The lowest BCUT2D eigenvalue weighted by Gasteiger charge is -2.10. The average Bonchev–Trinajstić information content (AvgIpc) is 2.78. The first kappa shape index (κ1) is 14.9. The molecule has 22 heavy (non-hydrogen) atoms. The molecular weight excluding hydrogens is 366 g/mol. The van der Waals surface area contributed by atoms with Crippen LogP contribution >= 0.6 is 27.5 Å². The first-order valence-electron chi connectivity index (χ1n) is 6.60. The third-order valence-electron chi connectivity index (χ3n) is 3.41. The summed E-state index contributed by atoms with van der Waals surface area (Å²) in [5.41, 5.74) is 10.1. The van der Waals surface area contributed by atoms with Crippen molar-refractivity contribution in [2.75, 3.05) is 16.4 Å². The number of fused-ring (bicyclic) bond motifs is 1. The number of benzene rings is 2. The average molecular weight is 379 g/mol. The number of hydrogen-bond donors (Lipinski definition) is 3. The number of nitrogens with two attached hydrogens (primary N) is 1. The SMILES string of the molecule is CC(Nc1ccc(Br)c(Cl)c1)=C1C(=O)Nc2ccc(N)cc21. The lowest BCUT2D eigenvalue weighted by molar-refractivity contribution is -0.110. The summed E-state index contributed by atoms with van der Waals surface area (Å²) < 4.78 is 0.821. The second kappa shape index (κ2) is 5.66. The van der Waals surface area contributed by atoms with Gasteiger partial charge in [0.05, 0.1) is 10.6 Å². The molecule has 1 aliphatic rings. The van der Waals surface area contributed by atoms with E-state index in [-0.39, 0.29) is 5.91 Å². The highest BCUT2D eigenvalue weighted by atomic mass is 79.9. The van der Waals surface area contributed by atoms with Gasteiger partial charge < -0.3 is 16.4 Å². The molecule has 0 aromatic heterocycles. The number of allylic oxidation sites excluding steroid dienone is 1. The van der Waals surface area contributed by atoms with Gasteiger partial charge in [-0.15, -0.1) is 0 Å². The molecule has 4 N–H and O–H groups in total. The monoisotopic (exact) mass is 377 g/mol. The van der Waals surface area contributed by atoms with Gasteiger partial charge in [-0.1, -0.05) is 11.6 Å². The minimum absolute atomic E-state index is 0.145. The van der Waals surface area contributed by atoms with Crippen LogP contribution in [-0.2, 0) is 4.79 Å². The third kappa shape index (κ3) is 2.69. The maximum atomic E-state index is 12.2. The minimum Gasteiger partial charge on any atom is -0.399 e. The Morgan fingerprint density at radius 2 is 2.05 bits per heavy atom. The molecule has 0 spiro atoms. The summed E-state index contributed by atoms with van der Waals surface area (Å²) in [5.74, 6) is -0.145. The van der Waals surface area contributed by atoms with E-state index in [4.69, 9.17) is 17.3 Å². The molecule has 4 nitrogen and oxygen atoms in total. The molecule has 0 fully saturated rings. The van der Waals surface area contributed by atoms with Crippen molar-refractivity contribution in [3.05, 3.63) is 57.2 Å². The second-order valence-corrected chi connectivity index (χ2v) is 6.27. The molecule has 6 heteroatoms. The van der Waals surface area contributed by atoms with E-state index in [0.717, 1.165) is 27.1 Å². The van der Waals surface area contributed by atoms with E-state index < -0.39 is 0 Å². The van der Waals surface area contributed by atoms with Gasteiger partial charge >= 0.3 is 0 Å². The van der Waals surface area contributed by atoms with E-state index in [1.807, 2.05) is 19.1 Å². The van der Waals surface area contributed by atoms with E-state index in [2.05, 4.69) is 26.6 Å². The fourth-order valence-electron chi connectivity index (χ4n) is 2.41. The summed E-state index contributed by atoms with van der Waals surface area (Å²) in [6, 6.07) is 10.9. The van der Waals surface area contributed by atoms with Crippen molar-refractivity contribution < 1.29 is 4.79 Å². The van der Waals surface area contributed by atoms with Gasteiger partial charge in [0.25, 0.3) is 5.91 Å². The number of rotatable bonds is 2. The smallest absolute Gasteiger partial charge is 0.258 e. The van der Waals surface area contributed by atoms with Crippen molar-refractivity contribution in [3.63, 3.8) is 0 Å². The van der Waals surface area contributed by atoms with E-state index >= 15 is 0 Å².